The van der Waals surface area contributed by atoms with Crippen molar-refractivity contribution in [1.29, 1.82) is 0 Å². The van der Waals surface area contributed by atoms with Crippen LogP contribution in [0, 0.1) is 0 Å². The van der Waals surface area contributed by atoms with Crippen LogP contribution in [-0.4, -0.2) is 5.24 Å². The van der Waals surface area contributed by atoms with Gasteiger partial charge in [-0.25, -0.2) is 0 Å². The first-order valence-corrected chi connectivity index (χ1v) is 11.1. The molecule has 3 nitrogen and oxygen atoms in total. The third-order valence-corrected chi connectivity index (χ3v) is 6.86. The molecular weight excluding hydrogens is 401 g/mol. The van der Waals surface area contributed by atoms with Crippen LogP contribution < -0.4 is 9.05 Å². The van der Waals surface area contributed by atoms with Crippen molar-refractivity contribution < 1.29 is 13.8 Å². The Hall–Kier alpha value is -0.960. The third-order valence-electron chi connectivity index (χ3n) is 3.05. The second-order valence-electron chi connectivity index (χ2n) is 4.78. The first kappa shape index (κ1) is 16.9. The van der Waals surface area contributed by atoms with Gasteiger partial charge in [-0.15, -0.1) is 0 Å². The molecule has 0 amide bonds. The maximum absolute atomic E-state index is 11.2. The zero-order valence-electron chi connectivity index (χ0n) is 11.4. The second kappa shape index (κ2) is 5.84. The van der Waals surface area contributed by atoms with E-state index in [0.29, 0.717) is 10.8 Å². The van der Waals surface area contributed by atoms with Crippen molar-refractivity contribution in [2.75, 3.05) is 0 Å². The van der Waals surface area contributed by atoms with Gasteiger partial charge in [0.05, 0.1) is 0 Å². The van der Waals surface area contributed by atoms with Gasteiger partial charge in [0.2, 0.25) is 0 Å². The number of hydrogen-bond donors (Lipinski definition) is 0. The molecule has 0 saturated heterocycles. The van der Waals surface area contributed by atoms with Gasteiger partial charge >= 0.3 is 153 Å². The summed E-state index contributed by atoms with van der Waals surface area (Å²) in [4.78, 5) is 11.2. The molecule has 1 aliphatic heterocycles. The summed E-state index contributed by atoms with van der Waals surface area (Å²) in [5, 5.41) is -0.319. The zero-order chi connectivity index (χ0) is 16.7. The third kappa shape index (κ3) is 3.60. The molecule has 1 aliphatic rings. The van der Waals surface area contributed by atoms with E-state index < -0.39 is 11.0 Å². The Kier molecular flexibility index (Phi) is 4.29. The minimum absolute atomic E-state index is 0.243. The Morgan fingerprint density at radius 1 is 0.913 bits per heavy atom. The molecule has 120 valence electrons. The van der Waals surface area contributed by atoms with Gasteiger partial charge in [-0.3, -0.25) is 0 Å². The molecule has 2 aromatic carbocycles. The summed E-state index contributed by atoms with van der Waals surface area (Å²) in [7, 11) is 0. The first-order chi connectivity index (χ1) is 10.7. The van der Waals surface area contributed by atoms with Gasteiger partial charge in [0.25, 0.3) is 0 Å². The summed E-state index contributed by atoms with van der Waals surface area (Å²) < 4.78 is 11.3. The summed E-state index contributed by atoms with van der Waals surface area (Å²) in [5.74, 6) is -2.25. The van der Waals surface area contributed by atoms with E-state index in [-0.39, 0.29) is 11.3 Å². The average Bonchev–Trinajstić information content (AvgIpc) is 2.77. The summed E-state index contributed by atoms with van der Waals surface area (Å²) in [6.45, 7) is 0. The standard InChI is InChI=1S/C15H9Cl4O3P/c16-12(10-4-2-1-3-5-10)9-23(18,19)21-13-7-6-11(15(17)20)8-14(13)22-23/h1-9H/b12-9-. The molecule has 2 aromatic rings. The zero-order valence-corrected chi connectivity index (χ0v) is 15.3. The molecular formula is C15H9Cl4O3P. The fraction of sp³-hybridized carbons (Fsp3) is 0. The van der Waals surface area contributed by atoms with Crippen LogP contribution >= 0.6 is 51.4 Å². The van der Waals surface area contributed by atoms with Crippen LogP contribution in [0.25, 0.3) is 5.03 Å². The van der Waals surface area contributed by atoms with Gasteiger partial charge in [0.15, 0.2) is 0 Å². The van der Waals surface area contributed by atoms with E-state index in [4.69, 9.17) is 54.7 Å². The number of carbonyl (C=O) groups is 1. The van der Waals surface area contributed by atoms with E-state index in [0.717, 1.165) is 5.56 Å². The molecule has 0 aliphatic carbocycles. The van der Waals surface area contributed by atoms with Gasteiger partial charge in [-0.1, -0.05) is 0 Å². The molecule has 0 spiro atoms. The Morgan fingerprint density at radius 3 is 2.22 bits per heavy atom. The Bertz CT molecular complexity index is 821. The number of hydrogen-bond acceptors (Lipinski definition) is 3. The predicted molar refractivity (Wildman–Crippen MR) is 96.8 cm³/mol. The van der Waals surface area contributed by atoms with Crippen LogP contribution in [0.1, 0.15) is 15.9 Å². The monoisotopic (exact) mass is 408 g/mol. The normalized spacial score (nSPS) is 19.7. The summed E-state index contributed by atoms with van der Waals surface area (Å²) >= 11 is 24.6. The van der Waals surface area contributed by atoms with Gasteiger partial charge in [-0.2, -0.15) is 0 Å². The fourth-order valence-corrected chi connectivity index (χ4v) is 6.22. The van der Waals surface area contributed by atoms with Gasteiger partial charge in [-0.05, 0) is 0 Å². The molecule has 3 rings (SSSR count). The maximum atomic E-state index is 11.2. The average molecular weight is 410 g/mol. The molecule has 0 radical (unpaired) electrons. The minimum atomic E-state index is -4.18. The molecule has 1 heterocycles. The van der Waals surface area contributed by atoms with Crippen LogP contribution in [0.5, 0.6) is 11.5 Å². The van der Waals surface area contributed by atoms with Gasteiger partial charge in [0.1, 0.15) is 0 Å². The van der Waals surface area contributed by atoms with Crippen molar-refractivity contribution in [1.82, 2.24) is 0 Å². The van der Waals surface area contributed by atoms with E-state index in [9.17, 15) is 4.79 Å². The first-order valence-electron chi connectivity index (χ1n) is 6.39. The summed E-state index contributed by atoms with van der Waals surface area (Å²) in [6, 6.07) is 13.6. The van der Waals surface area contributed by atoms with E-state index in [2.05, 4.69) is 0 Å². The predicted octanol–water partition coefficient (Wildman–Crippen LogP) is 6.77. The summed E-state index contributed by atoms with van der Waals surface area (Å²) in [5.41, 5.74) is 0.972. The molecule has 0 bridgehead atoms. The van der Waals surface area contributed by atoms with Crippen molar-refractivity contribution in [3.05, 3.63) is 65.5 Å². The molecule has 0 unspecified atom stereocenters. The number of halogens is 4. The number of benzene rings is 2. The Balaban J connectivity index is 1.97. The van der Waals surface area contributed by atoms with Crippen molar-refractivity contribution in [3.8, 4) is 11.5 Å². The van der Waals surface area contributed by atoms with Crippen LogP contribution in [-0.2, 0) is 0 Å². The van der Waals surface area contributed by atoms with Crippen molar-refractivity contribution >= 4 is 61.7 Å². The van der Waals surface area contributed by atoms with E-state index >= 15 is 0 Å². The molecule has 23 heavy (non-hydrogen) atoms. The van der Waals surface area contributed by atoms with E-state index in [1.165, 1.54) is 24.0 Å². The molecule has 0 aromatic heterocycles. The topological polar surface area (TPSA) is 35.5 Å². The molecule has 0 fully saturated rings. The quantitative estimate of drug-likeness (QED) is 0.414. The van der Waals surface area contributed by atoms with Crippen LogP contribution in [0.2, 0.25) is 0 Å². The van der Waals surface area contributed by atoms with Gasteiger partial charge in [0, 0.05) is 0 Å². The Morgan fingerprint density at radius 2 is 1.57 bits per heavy atom. The van der Waals surface area contributed by atoms with Gasteiger partial charge < -0.3 is 0 Å². The second-order valence-corrected chi connectivity index (χ2v) is 12.2. The number of carbonyl (C=O) groups excluding carboxylic acids is 1. The van der Waals surface area contributed by atoms with Crippen LogP contribution in [0.4, 0.5) is 0 Å². The van der Waals surface area contributed by atoms with Crippen LogP contribution in [0.15, 0.2) is 54.3 Å². The SMILES string of the molecule is O=C(Cl)c1ccc2c(c1)OP(Cl)(Cl)(/C=C(\Cl)c1ccccc1)O2. The molecule has 0 N–H and O–H groups in total. The number of fused-ring (bicyclic) bond motifs is 1. The molecule has 0 saturated carbocycles. The van der Waals surface area contributed by atoms with Crippen LogP contribution in [0.3, 0.4) is 0 Å². The van der Waals surface area contributed by atoms with Crippen molar-refractivity contribution in [2.24, 2.45) is 0 Å². The fourth-order valence-electron chi connectivity index (χ4n) is 2.04. The van der Waals surface area contributed by atoms with Crippen molar-refractivity contribution in [2.45, 2.75) is 0 Å². The summed E-state index contributed by atoms with van der Waals surface area (Å²) in [6.07, 6.45) is 0. The molecule has 8 heteroatoms. The van der Waals surface area contributed by atoms with Crippen molar-refractivity contribution in [3.63, 3.8) is 0 Å². The Labute approximate surface area is 152 Å². The number of rotatable bonds is 3. The molecule has 0 atom stereocenters. The van der Waals surface area contributed by atoms with E-state index in [1.807, 2.05) is 18.2 Å². The van der Waals surface area contributed by atoms with E-state index in [1.54, 1.807) is 12.1 Å².